The van der Waals surface area contributed by atoms with E-state index in [1.165, 1.54) is 5.56 Å². The summed E-state index contributed by atoms with van der Waals surface area (Å²) in [4.78, 5) is 14.5. The van der Waals surface area contributed by atoms with Gasteiger partial charge in [-0.25, -0.2) is 8.42 Å². The summed E-state index contributed by atoms with van der Waals surface area (Å²) in [5.41, 5.74) is 2.67. The summed E-state index contributed by atoms with van der Waals surface area (Å²) >= 11 is 0. The minimum absolute atomic E-state index is 0.0341. The standard InChI is InChI=1S/C19H22N2O3S/c1-21(13-15-6-3-2-4-7-15)18-9-5-8-16(12-18)19(22)20-17-10-11-25(23,24)14-17/h2-9,12,17H,10-11,13-14H2,1H3,(H,20,22). The van der Waals surface area contributed by atoms with Gasteiger partial charge in [-0.15, -0.1) is 0 Å². The van der Waals surface area contributed by atoms with Crippen molar-refractivity contribution < 1.29 is 13.2 Å². The number of rotatable bonds is 5. The maximum absolute atomic E-state index is 12.4. The van der Waals surface area contributed by atoms with Crippen LogP contribution in [0.15, 0.2) is 54.6 Å². The molecule has 3 rings (SSSR count). The van der Waals surface area contributed by atoms with Gasteiger partial charge in [0.05, 0.1) is 11.5 Å². The van der Waals surface area contributed by atoms with Crippen LogP contribution < -0.4 is 10.2 Å². The highest BCUT2D eigenvalue weighted by Crippen LogP contribution is 2.18. The molecule has 6 heteroatoms. The summed E-state index contributed by atoms with van der Waals surface area (Å²) in [6.07, 6.45) is 0.488. The first kappa shape index (κ1) is 17.5. The van der Waals surface area contributed by atoms with Crippen molar-refractivity contribution in [3.63, 3.8) is 0 Å². The summed E-state index contributed by atoms with van der Waals surface area (Å²) in [5.74, 6) is -0.0403. The predicted octanol–water partition coefficient (Wildman–Crippen LogP) is 2.24. The fraction of sp³-hybridized carbons (Fsp3) is 0.316. The van der Waals surface area contributed by atoms with Crippen LogP contribution in [0.3, 0.4) is 0 Å². The molecule has 0 bridgehead atoms. The van der Waals surface area contributed by atoms with Gasteiger partial charge in [-0.2, -0.15) is 0 Å². The summed E-state index contributed by atoms with van der Waals surface area (Å²) in [6.45, 7) is 0.743. The summed E-state index contributed by atoms with van der Waals surface area (Å²) < 4.78 is 23.0. The molecule has 0 aliphatic carbocycles. The van der Waals surface area contributed by atoms with E-state index in [0.29, 0.717) is 12.0 Å². The second-order valence-electron chi connectivity index (χ2n) is 6.47. The van der Waals surface area contributed by atoms with Gasteiger partial charge in [0, 0.05) is 30.9 Å². The molecule has 5 nitrogen and oxygen atoms in total. The molecular weight excluding hydrogens is 336 g/mol. The second kappa shape index (κ2) is 7.27. The minimum Gasteiger partial charge on any atom is -0.370 e. The predicted molar refractivity (Wildman–Crippen MR) is 99.5 cm³/mol. The number of carbonyl (C=O) groups is 1. The molecular formula is C19H22N2O3S. The molecule has 2 aromatic carbocycles. The Morgan fingerprint density at radius 1 is 1.16 bits per heavy atom. The zero-order valence-electron chi connectivity index (χ0n) is 14.2. The van der Waals surface area contributed by atoms with Crippen LogP contribution in [-0.2, 0) is 16.4 Å². The summed E-state index contributed by atoms with van der Waals surface area (Å²) in [7, 11) is -1.02. The molecule has 25 heavy (non-hydrogen) atoms. The van der Waals surface area contributed by atoms with E-state index in [-0.39, 0.29) is 23.5 Å². The molecule has 1 aliphatic heterocycles. The second-order valence-corrected chi connectivity index (χ2v) is 8.69. The van der Waals surface area contributed by atoms with Crippen molar-refractivity contribution in [2.24, 2.45) is 0 Å². The smallest absolute Gasteiger partial charge is 0.251 e. The third-order valence-electron chi connectivity index (χ3n) is 4.38. The Morgan fingerprint density at radius 3 is 2.60 bits per heavy atom. The third-order valence-corrected chi connectivity index (χ3v) is 6.15. The Balaban J connectivity index is 1.67. The highest BCUT2D eigenvalue weighted by molar-refractivity contribution is 7.91. The maximum atomic E-state index is 12.4. The van der Waals surface area contributed by atoms with Gasteiger partial charge >= 0.3 is 0 Å². The van der Waals surface area contributed by atoms with Gasteiger partial charge in [0.15, 0.2) is 9.84 Å². The SMILES string of the molecule is CN(Cc1ccccc1)c1cccc(C(=O)NC2CCS(=O)(=O)C2)c1. The van der Waals surface area contributed by atoms with Crippen molar-refractivity contribution in [2.45, 2.75) is 19.0 Å². The highest BCUT2D eigenvalue weighted by atomic mass is 32.2. The lowest BCUT2D eigenvalue weighted by molar-refractivity contribution is 0.0941. The van der Waals surface area contributed by atoms with Gasteiger partial charge < -0.3 is 10.2 Å². The molecule has 0 aromatic heterocycles. The van der Waals surface area contributed by atoms with Crippen LogP contribution >= 0.6 is 0 Å². The van der Waals surface area contributed by atoms with Crippen molar-refractivity contribution >= 4 is 21.4 Å². The molecule has 1 heterocycles. The fourth-order valence-corrected chi connectivity index (χ4v) is 4.68. The first-order valence-electron chi connectivity index (χ1n) is 8.29. The molecule has 0 spiro atoms. The highest BCUT2D eigenvalue weighted by Gasteiger charge is 2.29. The fourth-order valence-electron chi connectivity index (χ4n) is 3.01. The number of sulfone groups is 1. The summed E-state index contributed by atoms with van der Waals surface area (Å²) in [6, 6.07) is 17.2. The van der Waals surface area contributed by atoms with E-state index in [9.17, 15) is 13.2 Å². The zero-order valence-corrected chi connectivity index (χ0v) is 15.0. The first-order valence-corrected chi connectivity index (χ1v) is 10.1. The number of hydrogen-bond donors (Lipinski definition) is 1. The number of anilines is 1. The Bertz CT molecular complexity index is 850. The lowest BCUT2D eigenvalue weighted by atomic mass is 10.1. The largest absolute Gasteiger partial charge is 0.370 e. The van der Waals surface area contributed by atoms with Gasteiger partial charge in [0.25, 0.3) is 5.91 Å². The number of nitrogens with one attached hydrogen (secondary N) is 1. The van der Waals surface area contributed by atoms with Gasteiger partial charge in [0.1, 0.15) is 0 Å². The van der Waals surface area contributed by atoms with Crippen LogP contribution in [0, 0.1) is 0 Å². The van der Waals surface area contributed by atoms with E-state index in [1.807, 2.05) is 43.4 Å². The van der Waals surface area contributed by atoms with Crippen LogP contribution in [0.25, 0.3) is 0 Å². The minimum atomic E-state index is -3.00. The quantitative estimate of drug-likeness (QED) is 0.890. The van der Waals surface area contributed by atoms with E-state index < -0.39 is 9.84 Å². The van der Waals surface area contributed by atoms with E-state index >= 15 is 0 Å². The maximum Gasteiger partial charge on any atom is 0.251 e. The van der Waals surface area contributed by atoms with Crippen molar-refractivity contribution in [3.8, 4) is 0 Å². The zero-order chi connectivity index (χ0) is 17.9. The van der Waals surface area contributed by atoms with Crippen LogP contribution in [0.1, 0.15) is 22.3 Å². The first-order chi connectivity index (χ1) is 11.9. The number of nitrogens with zero attached hydrogens (tertiary/aromatic N) is 1. The van der Waals surface area contributed by atoms with E-state index in [4.69, 9.17) is 0 Å². The van der Waals surface area contributed by atoms with Crippen LogP contribution in [0.4, 0.5) is 5.69 Å². The lowest BCUT2D eigenvalue weighted by Crippen LogP contribution is -2.35. The average molecular weight is 358 g/mol. The van der Waals surface area contributed by atoms with E-state index in [1.54, 1.807) is 6.07 Å². The molecule has 1 N–H and O–H groups in total. The van der Waals surface area contributed by atoms with Crippen molar-refractivity contribution in [3.05, 3.63) is 65.7 Å². The van der Waals surface area contributed by atoms with Crippen molar-refractivity contribution in [2.75, 3.05) is 23.5 Å². The Labute approximate surface area is 148 Å². The molecule has 1 amide bonds. The van der Waals surface area contributed by atoms with Crippen LogP contribution in [0.2, 0.25) is 0 Å². The van der Waals surface area contributed by atoms with Gasteiger partial charge in [0.2, 0.25) is 0 Å². The van der Waals surface area contributed by atoms with Crippen molar-refractivity contribution in [1.29, 1.82) is 0 Å². The van der Waals surface area contributed by atoms with E-state index in [2.05, 4.69) is 22.3 Å². The number of amides is 1. The molecule has 132 valence electrons. The summed E-state index contributed by atoms with van der Waals surface area (Å²) in [5, 5.41) is 2.83. The number of hydrogen-bond acceptors (Lipinski definition) is 4. The molecule has 1 saturated heterocycles. The number of benzene rings is 2. The number of carbonyl (C=O) groups excluding carboxylic acids is 1. The molecule has 0 radical (unpaired) electrons. The van der Waals surface area contributed by atoms with Crippen LogP contribution in [-0.4, -0.2) is 38.9 Å². The molecule has 1 aliphatic rings. The molecule has 2 aromatic rings. The molecule has 1 unspecified atom stereocenters. The Hall–Kier alpha value is -2.34. The Kier molecular flexibility index (Phi) is 5.08. The van der Waals surface area contributed by atoms with Crippen molar-refractivity contribution in [1.82, 2.24) is 5.32 Å². The topological polar surface area (TPSA) is 66.5 Å². The third kappa shape index (κ3) is 4.60. The molecule has 1 atom stereocenters. The van der Waals surface area contributed by atoms with E-state index in [0.717, 1.165) is 12.2 Å². The normalized spacial score (nSPS) is 18.7. The molecule has 1 fully saturated rings. The lowest BCUT2D eigenvalue weighted by Gasteiger charge is -2.20. The van der Waals surface area contributed by atoms with Gasteiger partial charge in [-0.1, -0.05) is 36.4 Å². The monoisotopic (exact) mass is 358 g/mol. The van der Waals surface area contributed by atoms with Gasteiger partial charge in [-0.3, -0.25) is 4.79 Å². The average Bonchev–Trinajstić information content (AvgIpc) is 2.94. The molecule has 0 saturated carbocycles. The van der Waals surface area contributed by atoms with Crippen LogP contribution in [0.5, 0.6) is 0 Å². The van der Waals surface area contributed by atoms with Gasteiger partial charge in [-0.05, 0) is 30.2 Å². The Morgan fingerprint density at radius 2 is 1.92 bits per heavy atom.